The first-order valence-electron chi connectivity index (χ1n) is 5.82. The van der Waals surface area contributed by atoms with Crippen molar-refractivity contribution in [2.45, 2.75) is 18.9 Å². The Bertz CT molecular complexity index is 444. The first-order chi connectivity index (χ1) is 8.54. The van der Waals surface area contributed by atoms with Gasteiger partial charge in [0.2, 0.25) is 5.88 Å². The zero-order chi connectivity index (χ0) is 13.1. The Hall–Kier alpha value is -1.89. The van der Waals surface area contributed by atoms with Gasteiger partial charge in [-0.25, -0.2) is 0 Å². The molecular formula is C11H16N4O3. The van der Waals surface area contributed by atoms with Crippen LogP contribution in [0.4, 0.5) is 11.5 Å². The van der Waals surface area contributed by atoms with Gasteiger partial charge in [-0.3, -0.25) is 10.1 Å². The van der Waals surface area contributed by atoms with E-state index in [1.807, 2.05) is 0 Å². The summed E-state index contributed by atoms with van der Waals surface area (Å²) in [7, 11) is 2.06. The minimum atomic E-state index is -0.500. The third-order valence-electron chi connectivity index (χ3n) is 2.97. The predicted molar refractivity (Wildman–Crippen MR) is 66.5 cm³/mol. The minimum Gasteiger partial charge on any atom is -0.474 e. The second-order valence-electron chi connectivity index (χ2n) is 4.47. The van der Waals surface area contributed by atoms with E-state index in [0.29, 0.717) is 0 Å². The lowest BCUT2D eigenvalue weighted by Gasteiger charge is -2.28. The van der Waals surface area contributed by atoms with Gasteiger partial charge in [0, 0.05) is 13.1 Å². The SMILES string of the molecule is CN1CCC(Oc2cc([N+](=O)[O-])cc(N)n2)CC1. The summed E-state index contributed by atoms with van der Waals surface area (Å²) in [6.45, 7) is 1.91. The summed E-state index contributed by atoms with van der Waals surface area (Å²) >= 11 is 0. The fraction of sp³-hybridized carbons (Fsp3) is 0.545. The number of likely N-dealkylation sites (tertiary alicyclic amines) is 1. The first kappa shape index (κ1) is 12.6. The molecule has 2 rings (SSSR count). The van der Waals surface area contributed by atoms with Gasteiger partial charge in [-0.15, -0.1) is 0 Å². The van der Waals surface area contributed by atoms with Crippen molar-refractivity contribution in [2.75, 3.05) is 25.9 Å². The van der Waals surface area contributed by atoms with Crippen LogP contribution in [0.3, 0.4) is 0 Å². The van der Waals surface area contributed by atoms with Crippen molar-refractivity contribution >= 4 is 11.5 Å². The van der Waals surface area contributed by atoms with E-state index in [2.05, 4.69) is 16.9 Å². The van der Waals surface area contributed by atoms with Crippen molar-refractivity contribution in [2.24, 2.45) is 0 Å². The molecule has 1 fully saturated rings. The summed E-state index contributed by atoms with van der Waals surface area (Å²) in [6, 6.07) is 2.54. The van der Waals surface area contributed by atoms with Crippen molar-refractivity contribution in [1.29, 1.82) is 0 Å². The predicted octanol–water partition coefficient (Wildman–Crippen LogP) is 1.04. The maximum Gasteiger partial charge on any atom is 0.278 e. The molecule has 0 amide bonds. The van der Waals surface area contributed by atoms with Gasteiger partial charge in [-0.1, -0.05) is 0 Å². The molecule has 2 heterocycles. The first-order valence-corrected chi connectivity index (χ1v) is 5.82. The molecular weight excluding hydrogens is 236 g/mol. The molecule has 0 aliphatic carbocycles. The number of rotatable bonds is 3. The average molecular weight is 252 g/mol. The van der Waals surface area contributed by atoms with Gasteiger partial charge in [0.1, 0.15) is 11.9 Å². The molecule has 0 unspecified atom stereocenters. The van der Waals surface area contributed by atoms with Crippen LogP contribution in [-0.2, 0) is 0 Å². The van der Waals surface area contributed by atoms with Gasteiger partial charge in [0.15, 0.2) is 0 Å². The van der Waals surface area contributed by atoms with E-state index in [4.69, 9.17) is 10.5 Å². The summed E-state index contributed by atoms with van der Waals surface area (Å²) < 4.78 is 5.65. The Balaban J connectivity index is 2.07. The second-order valence-corrected chi connectivity index (χ2v) is 4.47. The number of anilines is 1. The van der Waals surface area contributed by atoms with Crippen LogP contribution in [0.1, 0.15) is 12.8 Å². The van der Waals surface area contributed by atoms with Crippen LogP contribution in [0.15, 0.2) is 12.1 Å². The summed E-state index contributed by atoms with van der Waals surface area (Å²) in [5.74, 6) is 0.336. The molecule has 0 radical (unpaired) electrons. The van der Waals surface area contributed by atoms with E-state index in [0.717, 1.165) is 25.9 Å². The lowest BCUT2D eigenvalue weighted by atomic mass is 10.1. The van der Waals surface area contributed by atoms with Crippen LogP contribution in [0.25, 0.3) is 0 Å². The third kappa shape index (κ3) is 3.07. The van der Waals surface area contributed by atoms with Crippen molar-refractivity contribution in [3.63, 3.8) is 0 Å². The number of pyridine rings is 1. The molecule has 1 saturated heterocycles. The van der Waals surface area contributed by atoms with Crippen LogP contribution in [0.5, 0.6) is 5.88 Å². The lowest BCUT2D eigenvalue weighted by Crippen LogP contribution is -2.35. The number of nitrogens with two attached hydrogens (primary N) is 1. The van der Waals surface area contributed by atoms with Crippen molar-refractivity contribution < 1.29 is 9.66 Å². The molecule has 0 saturated carbocycles. The molecule has 2 N–H and O–H groups in total. The molecule has 1 aromatic rings. The molecule has 18 heavy (non-hydrogen) atoms. The highest BCUT2D eigenvalue weighted by Crippen LogP contribution is 2.23. The molecule has 0 spiro atoms. The third-order valence-corrected chi connectivity index (χ3v) is 2.97. The van der Waals surface area contributed by atoms with Crippen molar-refractivity contribution in [3.8, 4) is 5.88 Å². The largest absolute Gasteiger partial charge is 0.474 e. The number of nitro groups is 1. The molecule has 7 nitrogen and oxygen atoms in total. The fourth-order valence-electron chi connectivity index (χ4n) is 1.95. The summed E-state index contributed by atoms with van der Waals surface area (Å²) in [6.07, 6.45) is 1.83. The molecule has 0 atom stereocenters. The van der Waals surface area contributed by atoms with Crippen LogP contribution in [0, 0.1) is 10.1 Å². The molecule has 1 aromatic heterocycles. The molecule has 98 valence electrons. The molecule has 7 heteroatoms. The zero-order valence-corrected chi connectivity index (χ0v) is 10.2. The highest BCUT2D eigenvalue weighted by Gasteiger charge is 2.20. The monoisotopic (exact) mass is 252 g/mol. The van der Waals surface area contributed by atoms with Crippen molar-refractivity contribution in [1.82, 2.24) is 9.88 Å². The number of nitrogen functional groups attached to an aromatic ring is 1. The summed E-state index contributed by atoms with van der Waals surface area (Å²) in [5, 5.41) is 10.7. The molecule has 0 bridgehead atoms. The second kappa shape index (κ2) is 5.18. The highest BCUT2D eigenvalue weighted by molar-refractivity contribution is 5.45. The Labute approximate surface area is 105 Å². The van der Waals surface area contributed by atoms with E-state index >= 15 is 0 Å². The van der Waals surface area contributed by atoms with E-state index in [1.165, 1.54) is 12.1 Å². The summed E-state index contributed by atoms with van der Waals surface area (Å²) in [4.78, 5) is 16.4. The number of ether oxygens (including phenoxy) is 1. The van der Waals surface area contributed by atoms with Gasteiger partial charge in [0.25, 0.3) is 5.69 Å². The zero-order valence-electron chi connectivity index (χ0n) is 10.2. The van der Waals surface area contributed by atoms with Gasteiger partial charge >= 0.3 is 0 Å². The minimum absolute atomic E-state index is 0.0510. The number of nitrogens with zero attached hydrogens (tertiary/aromatic N) is 3. The molecule has 1 aliphatic rings. The van der Waals surface area contributed by atoms with Gasteiger partial charge in [0.05, 0.1) is 17.1 Å². The topological polar surface area (TPSA) is 94.5 Å². The van der Waals surface area contributed by atoms with Crippen LogP contribution in [0.2, 0.25) is 0 Å². The van der Waals surface area contributed by atoms with Crippen LogP contribution < -0.4 is 10.5 Å². The van der Waals surface area contributed by atoms with E-state index in [-0.39, 0.29) is 23.5 Å². The fourth-order valence-corrected chi connectivity index (χ4v) is 1.95. The van der Waals surface area contributed by atoms with Gasteiger partial charge in [-0.05, 0) is 19.9 Å². The Kier molecular flexibility index (Phi) is 3.61. The van der Waals surface area contributed by atoms with Gasteiger partial charge < -0.3 is 15.4 Å². The standard InChI is InChI=1S/C11H16N4O3/c1-14-4-2-9(3-5-14)18-11-7-8(15(16)17)6-10(12)13-11/h6-7,9H,2-5H2,1H3,(H2,12,13). The van der Waals surface area contributed by atoms with E-state index in [9.17, 15) is 10.1 Å². The Morgan fingerprint density at radius 3 is 2.78 bits per heavy atom. The quantitative estimate of drug-likeness (QED) is 0.638. The summed E-state index contributed by atoms with van der Waals surface area (Å²) in [5.41, 5.74) is 5.43. The number of piperidine rings is 1. The Morgan fingerprint density at radius 1 is 1.50 bits per heavy atom. The maximum atomic E-state index is 10.7. The Morgan fingerprint density at radius 2 is 2.17 bits per heavy atom. The van der Waals surface area contributed by atoms with E-state index < -0.39 is 4.92 Å². The van der Waals surface area contributed by atoms with Crippen LogP contribution in [-0.4, -0.2) is 41.0 Å². The molecule has 0 aromatic carbocycles. The average Bonchev–Trinajstić information content (AvgIpc) is 2.31. The van der Waals surface area contributed by atoms with Crippen molar-refractivity contribution in [3.05, 3.63) is 22.2 Å². The number of aromatic nitrogens is 1. The number of hydrogen-bond donors (Lipinski definition) is 1. The normalized spacial score (nSPS) is 17.6. The van der Waals surface area contributed by atoms with E-state index in [1.54, 1.807) is 0 Å². The van der Waals surface area contributed by atoms with Gasteiger partial charge in [-0.2, -0.15) is 4.98 Å². The smallest absolute Gasteiger partial charge is 0.278 e. The lowest BCUT2D eigenvalue weighted by molar-refractivity contribution is -0.384. The highest BCUT2D eigenvalue weighted by atomic mass is 16.6. The number of hydrogen-bond acceptors (Lipinski definition) is 6. The maximum absolute atomic E-state index is 10.7. The van der Waals surface area contributed by atoms with Crippen LogP contribution >= 0.6 is 0 Å². The molecule has 1 aliphatic heterocycles.